The summed E-state index contributed by atoms with van der Waals surface area (Å²) in [6.45, 7) is 0. The molecule has 0 unspecified atom stereocenters. The third-order valence-electron chi connectivity index (χ3n) is 3.83. The summed E-state index contributed by atoms with van der Waals surface area (Å²) < 4.78 is 0. The van der Waals surface area contributed by atoms with Crippen molar-refractivity contribution in [1.29, 1.82) is 0 Å². The van der Waals surface area contributed by atoms with E-state index in [1.54, 1.807) is 60.8 Å². The number of amides is 4. The van der Waals surface area contributed by atoms with Gasteiger partial charge in [0.1, 0.15) is 0 Å². The second-order valence-corrected chi connectivity index (χ2v) is 5.28. The molecule has 1 fully saturated rings. The SMILES string of the molecule is O=C1C(=O)N(c2ccc3ncccc3c2)C(=O)N1c1ccccc1. The predicted molar refractivity (Wildman–Crippen MR) is 88.6 cm³/mol. The molecule has 1 saturated heterocycles. The minimum atomic E-state index is -0.868. The maximum absolute atomic E-state index is 12.7. The molecule has 0 spiro atoms. The molecule has 1 aromatic heterocycles. The van der Waals surface area contributed by atoms with Gasteiger partial charge < -0.3 is 0 Å². The summed E-state index contributed by atoms with van der Waals surface area (Å²) in [6, 6.07) is 16.3. The smallest absolute Gasteiger partial charge is 0.262 e. The van der Waals surface area contributed by atoms with Gasteiger partial charge in [0, 0.05) is 11.6 Å². The van der Waals surface area contributed by atoms with E-state index in [1.165, 1.54) is 0 Å². The van der Waals surface area contributed by atoms with Crippen LogP contribution in [-0.4, -0.2) is 22.8 Å². The Morgan fingerprint density at radius 2 is 1.42 bits per heavy atom. The minimum absolute atomic E-state index is 0.345. The minimum Gasteiger partial charge on any atom is -0.262 e. The Labute approximate surface area is 136 Å². The van der Waals surface area contributed by atoms with Crippen LogP contribution in [0.25, 0.3) is 10.9 Å². The van der Waals surface area contributed by atoms with E-state index in [4.69, 9.17) is 0 Å². The molecule has 1 aliphatic rings. The summed E-state index contributed by atoms with van der Waals surface area (Å²) in [7, 11) is 0. The summed E-state index contributed by atoms with van der Waals surface area (Å²) in [5.74, 6) is -1.73. The van der Waals surface area contributed by atoms with Gasteiger partial charge in [0.25, 0.3) is 0 Å². The highest BCUT2D eigenvalue weighted by molar-refractivity contribution is 6.60. The molecule has 6 heteroatoms. The Hall–Kier alpha value is -3.54. The predicted octanol–water partition coefficient (Wildman–Crippen LogP) is 2.73. The molecule has 6 nitrogen and oxygen atoms in total. The summed E-state index contributed by atoms with van der Waals surface area (Å²) in [6.07, 6.45) is 1.66. The number of rotatable bonds is 2. The molecule has 0 radical (unpaired) electrons. The number of hydrogen-bond donors (Lipinski definition) is 0. The van der Waals surface area contributed by atoms with Crippen molar-refractivity contribution in [2.45, 2.75) is 0 Å². The zero-order chi connectivity index (χ0) is 16.7. The lowest BCUT2D eigenvalue weighted by Crippen LogP contribution is -2.33. The van der Waals surface area contributed by atoms with Crippen molar-refractivity contribution in [3.8, 4) is 0 Å². The van der Waals surface area contributed by atoms with Crippen LogP contribution in [-0.2, 0) is 9.59 Å². The first kappa shape index (κ1) is 14.1. The summed E-state index contributed by atoms with van der Waals surface area (Å²) in [5.41, 5.74) is 1.45. The lowest BCUT2D eigenvalue weighted by molar-refractivity contribution is -0.133. The highest BCUT2D eigenvalue weighted by Gasteiger charge is 2.46. The molecule has 0 aliphatic carbocycles. The number of pyridine rings is 1. The van der Waals surface area contributed by atoms with Gasteiger partial charge in [0.2, 0.25) is 0 Å². The number of carbonyl (C=O) groups excluding carboxylic acids is 3. The fourth-order valence-corrected chi connectivity index (χ4v) is 2.70. The van der Waals surface area contributed by atoms with Gasteiger partial charge >= 0.3 is 17.8 Å². The average molecular weight is 317 g/mol. The molecular weight excluding hydrogens is 306 g/mol. The first-order chi connectivity index (χ1) is 11.7. The van der Waals surface area contributed by atoms with Gasteiger partial charge in [0.05, 0.1) is 16.9 Å². The van der Waals surface area contributed by atoms with E-state index < -0.39 is 17.8 Å². The number of anilines is 2. The zero-order valence-corrected chi connectivity index (χ0v) is 12.4. The quantitative estimate of drug-likeness (QED) is 0.538. The molecule has 0 saturated carbocycles. The topological polar surface area (TPSA) is 70.6 Å². The second kappa shape index (κ2) is 5.27. The average Bonchev–Trinajstić information content (AvgIpc) is 2.84. The van der Waals surface area contributed by atoms with Crippen LogP contribution in [0.5, 0.6) is 0 Å². The van der Waals surface area contributed by atoms with Crippen molar-refractivity contribution in [3.63, 3.8) is 0 Å². The van der Waals surface area contributed by atoms with E-state index in [-0.39, 0.29) is 0 Å². The Bertz CT molecular complexity index is 985. The van der Waals surface area contributed by atoms with Gasteiger partial charge in [-0.25, -0.2) is 14.6 Å². The molecule has 0 atom stereocenters. The van der Waals surface area contributed by atoms with Gasteiger partial charge in [0.15, 0.2) is 0 Å². The number of carbonyl (C=O) groups is 3. The molecule has 4 amide bonds. The van der Waals surface area contributed by atoms with Crippen LogP contribution in [0.1, 0.15) is 0 Å². The highest BCUT2D eigenvalue weighted by Crippen LogP contribution is 2.28. The standard InChI is InChI=1S/C18H11N3O3/c22-16-17(23)21(18(24)20(16)13-6-2-1-3-7-13)14-8-9-15-12(11-14)5-4-10-19-15/h1-11H. The first-order valence-electron chi connectivity index (χ1n) is 7.29. The number of para-hydroxylation sites is 1. The van der Waals surface area contributed by atoms with Gasteiger partial charge in [-0.3, -0.25) is 14.6 Å². The Kier molecular flexibility index (Phi) is 3.09. The molecule has 116 valence electrons. The largest absolute Gasteiger partial charge is 0.343 e. The summed E-state index contributed by atoms with van der Waals surface area (Å²) in [5, 5.41) is 0.779. The van der Waals surface area contributed by atoms with Gasteiger partial charge in [-0.05, 0) is 36.4 Å². The number of fused-ring (bicyclic) bond motifs is 1. The molecule has 2 aromatic carbocycles. The summed E-state index contributed by atoms with van der Waals surface area (Å²) >= 11 is 0. The van der Waals surface area contributed by atoms with Crippen molar-refractivity contribution in [1.82, 2.24) is 4.98 Å². The van der Waals surface area contributed by atoms with Crippen molar-refractivity contribution < 1.29 is 14.4 Å². The van der Waals surface area contributed by atoms with Crippen LogP contribution in [0.3, 0.4) is 0 Å². The normalized spacial score (nSPS) is 14.8. The van der Waals surface area contributed by atoms with E-state index in [9.17, 15) is 14.4 Å². The Morgan fingerprint density at radius 3 is 2.17 bits per heavy atom. The van der Waals surface area contributed by atoms with Crippen LogP contribution in [0, 0.1) is 0 Å². The molecule has 24 heavy (non-hydrogen) atoms. The van der Waals surface area contributed by atoms with Crippen LogP contribution < -0.4 is 9.80 Å². The van der Waals surface area contributed by atoms with E-state index >= 15 is 0 Å². The maximum Gasteiger partial charge on any atom is 0.343 e. The van der Waals surface area contributed by atoms with Gasteiger partial charge in [-0.1, -0.05) is 24.3 Å². The molecule has 0 N–H and O–H groups in total. The van der Waals surface area contributed by atoms with Crippen LogP contribution in [0.15, 0.2) is 66.9 Å². The van der Waals surface area contributed by atoms with Crippen molar-refractivity contribution in [2.24, 2.45) is 0 Å². The highest BCUT2D eigenvalue weighted by atomic mass is 16.2. The van der Waals surface area contributed by atoms with Crippen molar-refractivity contribution in [2.75, 3.05) is 9.80 Å². The fraction of sp³-hybridized carbons (Fsp3) is 0. The molecular formula is C18H11N3O3. The monoisotopic (exact) mass is 317 g/mol. The number of aromatic nitrogens is 1. The van der Waals surface area contributed by atoms with Crippen LogP contribution >= 0.6 is 0 Å². The second-order valence-electron chi connectivity index (χ2n) is 5.28. The van der Waals surface area contributed by atoms with E-state index in [0.29, 0.717) is 11.4 Å². The molecule has 0 bridgehead atoms. The molecule has 4 rings (SSSR count). The third-order valence-corrected chi connectivity index (χ3v) is 3.83. The number of hydrogen-bond acceptors (Lipinski definition) is 4. The van der Waals surface area contributed by atoms with Crippen LogP contribution in [0.4, 0.5) is 16.2 Å². The molecule has 2 heterocycles. The van der Waals surface area contributed by atoms with Gasteiger partial charge in [-0.2, -0.15) is 0 Å². The molecule has 1 aliphatic heterocycles. The first-order valence-corrected chi connectivity index (χ1v) is 7.29. The van der Waals surface area contributed by atoms with Crippen molar-refractivity contribution in [3.05, 3.63) is 66.9 Å². The Morgan fingerprint density at radius 1 is 0.708 bits per heavy atom. The van der Waals surface area contributed by atoms with E-state index in [0.717, 1.165) is 20.7 Å². The van der Waals surface area contributed by atoms with E-state index in [1.807, 2.05) is 6.07 Å². The maximum atomic E-state index is 12.7. The van der Waals surface area contributed by atoms with Crippen molar-refractivity contribution >= 4 is 40.1 Å². The van der Waals surface area contributed by atoms with E-state index in [2.05, 4.69) is 4.98 Å². The Balaban J connectivity index is 1.79. The fourth-order valence-electron chi connectivity index (χ4n) is 2.70. The number of nitrogens with zero attached hydrogens (tertiary/aromatic N) is 3. The zero-order valence-electron chi connectivity index (χ0n) is 12.4. The lowest BCUT2D eigenvalue weighted by Gasteiger charge is -2.15. The van der Waals surface area contributed by atoms with Gasteiger partial charge in [-0.15, -0.1) is 0 Å². The molecule has 3 aromatic rings. The number of benzene rings is 2. The summed E-state index contributed by atoms with van der Waals surface area (Å²) in [4.78, 5) is 43.2. The number of urea groups is 1. The number of imide groups is 2. The third kappa shape index (κ3) is 2.04. The lowest BCUT2D eigenvalue weighted by atomic mass is 10.2. The van der Waals surface area contributed by atoms with Crippen LogP contribution in [0.2, 0.25) is 0 Å².